The van der Waals surface area contributed by atoms with Crippen molar-refractivity contribution >= 4 is 5.91 Å². The summed E-state index contributed by atoms with van der Waals surface area (Å²) in [5.41, 5.74) is 1.16. The summed E-state index contributed by atoms with van der Waals surface area (Å²) in [6, 6.07) is 2.54. The van der Waals surface area contributed by atoms with Crippen LogP contribution in [0.1, 0.15) is 31.5 Å². The van der Waals surface area contributed by atoms with Gasteiger partial charge in [-0.25, -0.2) is 0 Å². The number of rotatable bonds is 4. The van der Waals surface area contributed by atoms with Gasteiger partial charge in [0.2, 0.25) is 5.91 Å². The molecule has 1 fully saturated rings. The molecule has 2 N–H and O–H groups in total. The molecule has 1 aliphatic heterocycles. The van der Waals surface area contributed by atoms with Crippen molar-refractivity contribution in [3.8, 4) is 0 Å². The molecule has 1 saturated heterocycles. The number of carbonyl (C=O) groups is 1. The fourth-order valence-corrected chi connectivity index (χ4v) is 2.06. The lowest BCUT2D eigenvalue weighted by Crippen LogP contribution is -2.37. The molecule has 1 aromatic rings. The Kier molecular flexibility index (Phi) is 3.24. The van der Waals surface area contributed by atoms with Gasteiger partial charge in [-0.1, -0.05) is 0 Å². The van der Waals surface area contributed by atoms with Gasteiger partial charge < -0.3 is 10.6 Å². The number of amides is 1. The van der Waals surface area contributed by atoms with Gasteiger partial charge in [0.15, 0.2) is 0 Å². The summed E-state index contributed by atoms with van der Waals surface area (Å²) < 4.78 is 1.87. The molecule has 2 atom stereocenters. The van der Waals surface area contributed by atoms with E-state index in [4.69, 9.17) is 0 Å². The van der Waals surface area contributed by atoms with E-state index in [-0.39, 0.29) is 18.0 Å². The molecule has 2 unspecified atom stereocenters. The minimum atomic E-state index is 0.167. The van der Waals surface area contributed by atoms with Crippen molar-refractivity contribution in [2.24, 2.45) is 7.05 Å². The second kappa shape index (κ2) is 4.65. The molecular weight excluding hydrogens is 204 g/mol. The first-order chi connectivity index (χ1) is 7.66. The first-order valence-corrected chi connectivity index (χ1v) is 5.67. The van der Waals surface area contributed by atoms with E-state index in [1.165, 1.54) is 0 Å². The fraction of sp³-hybridized carbons (Fsp3) is 0.636. The predicted molar refractivity (Wildman–Crippen MR) is 60.8 cm³/mol. The number of hydrogen-bond acceptors (Lipinski definition) is 3. The topological polar surface area (TPSA) is 59.0 Å². The summed E-state index contributed by atoms with van der Waals surface area (Å²) in [5, 5.41) is 10.5. The number of aromatic nitrogens is 2. The third kappa shape index (κ3) is 2.41. The smallest absolute Gasteiger partial charge is 0.220 e. The summed E-state index contributed by atoms with van der Waals surface area (Å²) in [4.78, 5) is 11.0. The van der Waals surface area contributed by atoms with Gasteiger partial charge in [-0.05, 0) is 19.4 Å². The van der Waals surface area contributed by atoms with E-state index in [2.05, 4.69) is 22.7 Å². The first kappa shape index (κ1) is 11.1. The van der Waals surface area contributed by atoms with E-state index in [9.17, 15) is 4.79 Å². The zero-order chi connectivity index (χ0) is 11.5. The molecule has 0 radical (unpaired) electrons. The second-order valence-corrected chi connectivity index (χ2v) is 4.31. The highest BCUT2D eigenvalue weighted by atomic mass is 16.1. The van der Waals surface area contributed by atoms with Crippen LogP contribution in [0.4, 0.5) is 0 Å². The van der Waals surface area contributed by atoms with Crippen LogP contribution in [0.15, 0.2) is 12.3 Å². The molecule has 0 bridgehead atoms. The van der Waals surface area contributed by atoms with Gasteiger partial charge in [-0.3, -0.25) is 9.48 Å². The minimum Gasteiger partial charge on any atom is -0.352 e. The normalized spacial score (nSPS) is 22.1. The van der Waals surface area contributed by atoms with Gasteiger partial charge in [0.05, 0.1) is 5.69 Å². The van der Waals surface area contributed by atoms with Crippen LogP contribution in [0.5, 0.6) is 0 Å². The van der Waals surface area contributed by atoms with E-state index in [0.717, 1.165) is 18.7 Å². The number of nitrogens with one attached hydrogen (secondary N) is 2. The van der Waals surface area contributed by atoms with Crippen LogP contribution in [0, 0.1) is 0 Å². The van der Waals surface area contributed by atoms with Crippen molar-refractivity contribution < 1.29 is 4.79 Å². The van der Waals surface area contributed by atoms with E-state index in [1.54, 1.807) is 6.20 Å². The summed E-state index contributed by atoms with van der Waals surface area (Å²) in [5.74, 6) is 0.167. The van der Waals surface area contributed by atoms with Gasteiger partial charge in [0.1, 0.15) is 0 Å². The molecule has 2 heterocycles. The number of hydrogen-bond donors (Lipinski definition) is 2. The SMILES string of the molecule is CC(NCC1CCC(=O)N1)c1ccnn1C. The van der Waals surface area contributed by atoms with E-state index < -0.39 is 0 Å². The highest BCUT2D eigenvalue weighted by Crippen LogP contribution is 2.11. The maximum Gasteiger partial charge on any atom is 0.220 e. The Morgan fingerprint density at radius 1 is 1.75 bits per heavy atom. The van der Waals surface area contributed by atoms with Crippen LogP contribution < -0.4 is 10.6 Å². The van der Waals surface area contributed by atoms with Crippen LogP contribution >= 0.6 is 0 Å². The van der Waals surface area contributed by atoms with Crippen LogP contribution in [0.25, 0.3) is 0 Å². The van der Waals surface area contributed by atoms with E-state index >= 15 is 0 Å². The maximum absolute atomic E-state index is 11.0. The van der Waals surface area contributed by atoms with Crippen molar-refractivity contribution in [1.29, 1.82) is 0 Å². The summed E-state index contributed by atoms with van der Waals surface area (Å²) >= 11 is 0. The Morgan fingerprint density at radius 2 is 2.56 bits per heavy atom. The summed E-state index contributed by atoms with van der Waals surface area (Å²) in [6.07, 6.45) is 3.39. The summed E-state index contributed by atoms with van der Waals surface area (Å²) in [6.45, 7) is 2.92. The van der Waals surface area contributed by atoms with Gasteiger partial charge in [0, 0.05) is 38.3 Å². The van der Waals surface area contributed by atoms with Crippen molar-refractivity contribution in [3.05, 3.63) is 18.0 Å². The van der Waals surface area contributed by atoms with Gasteiger partial charge in [-0.2, -0.15) is 5.10 Å². The molecule has 0 aliphatic carbocycles. The van der Waals surface area contributed by atoms with Crippen molar-refractivity contribution in [3.63, 3.8) is 0 Å². The molecule has 5 nitrogen and oxygen atoms in total. The quantitative estimate of drug-likeness (QED) is 0.773. The molecule has 16 heavy (non-hydrogen) atoms. The molecule has 2 rings (SSSR count). The van der Waals surface area contributed by atoms with Crippen LogP contribution in [0.3, 0.4) is 0 Å². The predicted octanol–water partition coefficient (Wildman–Crippen LogP) is 0.349. The Hall–Kier alpha value is -1.36. The molecule has 1 aromatic heterocycles. The van der Waals surface area contributed by atoms with Crippen LogP contribution in [-0.2, 0) is 11.8 Å². The van der Waals surface area contributed by atoms with Crippen LogP contribution in [-0.4, -0.2) is 28.3 Å². The largest absolute Gasteiger partial charge is 0.352 e. The first-order valence-electron chi connectivity index (χ1n) is 5.67. The average Bonchev–Trinajstić information content (AvgIpc) is 2.84. The Labute approximate surface area is 95.2 Å². The monoisotopic (exact) mass is 222 g/mol. The van der Waals surface area contributed by atoms with Crippen molar-refractivity contribution in [2.75, 3.05) is 6.54 Å². The van der Waals surface area contributed by atoms with E-state index in [1.807, 2.05) is 17.8 Å². The number of carbonyl (C=O) groups excluding carboxylic acids is 1. The third-order valence-electron chi connectivity index (χ3n) is 3.06. The third-order valence-corrected chi connectivity index (χ3v) is 3.06. The molecular formula is C11H18N4O. The molecule has 88 valence electrons. The molecule has 1 amide bonds. The van der Waals surface area contributed by atoms with Crippen molar-refractivity contribution in [1.82, 2.24) is 20.4 Å². The Balaban J connectivity index is 1.82. The van der Waals surface area contributed by atoms with Gasteiger partial charge >= 0.3 is 0 Å². The maximum atomic E-state index is 11.0. The molecule has 0 saturated carbocycles. The molecule has 0 spiro atoms. The van der Waals surface area contributed by atoms with E-state index in [0.29, 0.717) is 6.42 Å². The lowest BCUT2D eigenvalue weighted by atomic mass is 10.2. The Bertz CT molecular complexity index is 374. The average molecular weight is 222 g/mol. The Morgan fingerprint density at radius 3 is 3.12 bits per heavy atom. The number of aryl methyl sites for hydroxylation is 1. The zero-order valence-electron chi connectivity index (χ0n) is 9.73. The fourth-order valence-electron chi connectivity index (χ4n) is 2.06. The van der Waals surface area contributed by atoms with Crippen molar-refractivity contribution in [2.45, 2.75) is 31.8 Å². The summed E-state index contributed by atoms with van der Waals surface area (Å²) in [7, 11) is 1.94. The highest BCUT2D eigenvalue weighted by Gasteiger charge is 2.21. The molecule has 0 aromatic carbocycles. The minimum absolute atomic E-state index is 0.167. The lowest BCUT2D eigenvalue weighted by Gasteiger charge is -2.17. The lowest BCUT2D eigenvalue weighted by molar-refractivity contribution is -0.119. The zero-order valence-corrected chi connectivity index (χ0v) is 9.73. The van der Waals surface area contributed by atoms with Crippen LogP contribution in [0.2, 0.25) is 0 Å². The molecule has 5 heteroatoms. The molecule has 1 aliphatic rings. The standard InChI is InChI=1S/C11H18N4O/c1-8(10-5-6-13-15(10)2)12-7-9-3-4-11(16)14-9/h5-6,8-9,12H,3-4,7H2,1-2H3,(H,14,16). The highest BCUT2D eigenvalue weighted by molar-refractivity contribution is 5.78. The second-order valence-electron chi connectivity index (χ2n) is 4.31. The number of nitrogens with zero attached hydrogens (tertiary/aromatic N) is 2. The van der Waals surface area contributed by atoms with Gasteiger partial charge in [-0.15, -0.1) is 0 Å². The van der Waals surface area contributed by atoms with Gasteiger partial charge in [0.25, 0.3) is 0 Å².